The molecule has 0 heterocycles. The van der Waals surface area contributed by atoms with Gasteiger partial charge in [0.05, 0.1) is 11.2 Å². The highest BCUT2D eigenvalue weighted by atomic mass is 79.9. The quantitative estimate of drug-likeness (QED) is 0.866. The standard InChI is InChI=1S/C11H10BrFO3/c1-6(14)11(12)9-3-2-8(13)4-7(9)5-10(15)16/h2-4,11H,5H2,1H3,(H,15,16). The third-order valence-corrected chi connectivity index (χ3v) is 3.21. The Morgan fingerprint density at radius 3 is 2.62 bits per heavy atom. The maximum absolute atomic E-state index is 13.0. The second-order valence-electron chi connectivity index (χ2n) is 3.39. The number of carboxylic acid groups (broad SMARTS) is 1. The Bertz CT molecular complexity index is 431. The third-order valence-electron chi connectivity index (χ3n) is 2.08. The van der Waals surface area contributed by atoms with Crippen molar-refractivity contribution in [1.29, 1.82) is 0 Å². The number of halogens is 2. The van der Waals surface area contributed by atoms with Crippen molar-refractivity contribution < 1.29 is 19.1 Å². The SMILES string of the molecule is CC(=O)C(Br)c1ccc(F)cc1CC(=O)O. The van der Waals surface area contributed by atoms with Crippen LogP contribution in [0.15, 0.2) is 18.2 Å². The summed E-state index contributed by atoms with van der Waals surface area (Å²) in [5.41, 5.74) is 0.806. The van der Waals surface area contributed by atoms with Crippen LogP contribution >= 0.6 is 15.9 Å². The molecule has 1 atom stereocenters. The zero-order valence-electron chi connectivity index (χ0n) is 8.54. The average molecular weight is 289 g/mol. The summed E-state index contributed by atoms with van der Waals surface area (Å²) in [7, 11) is 0. The number of benzene rings is 1. The van der Waals surface area contributed by atoms with Crippen molar-refractivity contribution in [2.45, 2.75) is 18.2 Å². The van der Waals surface area contributed by atoms with Gasteiger partial charge in [-0.25, -0.2) is 4.39 Å². The number of Topliss-reactive ketones (excluding diaryl/α,β-unsaturated/α-hetero) is 1. The first kappa shape index (κ1) is 12.8. The van der Waals surface area contributed by atoms with E-state index in [1.807, 2.05) is 0 Å². The van der Waals surface area contributed by atoms with Gasteiger partial charge >= 0.3 is 5.97 Å². The highest BCUT2D eigenvalue weighted by molar-refractivity contribution is 9.09. The molecule has 1 aromatic rings. The molecule has 1 N–H and O–H groups in total. The molecule has 0 saturated heterocycles. The Hall–Kier alpha value is -1.23. The van der Waals surface area contributed by atoms with Gasteiger partial charge in [-0.15, -0.1) is 0 Å². The number of alkyl halides is 1. The molecular formula is C11H10BrFO3. The van der Waals surface area contributed by atoms with Crippen molar-refractivity contribution in [1.82, 2.24) is 0 Å². The molecule has 0 saturated carbocycles. The molecule has 0 aliphatic rings. The summed E-state index contributed by atoms with van der Waals surface area (Å²) in [6.07, 6.45) is -0.303. The lowest BCUT2D eigenvalue weighted by molar-refractivity contribution is -0.136. The Kier molecular flexibility index (Phi) is 4.18. The maximum Gasteiger partial charge on any atom is 0.307 e. The lowest BCUT2D eigenvalue weighted by atomic mass is 10.00. The number of rotatable bonds is 4. The fourth-order valence-electron chi connectivity index (χ4n) is 1.36. The van der Waals surface area contributed by atoms with Gasteiger partial charge in [0.1, 0.15) is 11.6 Å². The summed E-state index contributed by atoms with van der Waals surface area (Å²) in [5.74, 6) is -1.73. The number of ketones is 1. The predicted octanol–water partition coefficient (Wildman–Crippen LogP) is 2.48. The molecule has 16 heavy (non-hydrogen) atoms. The highest BCUT2D eigenvalue weighted by Gasteiger charge is 2.18. The molecule has 1 rings (SSSR count). The normalized spacial score (nSPS) is 12.2. The van der Waals surface area contributed by atoms with E-state index < -0.39 is 16.6 Å². The fraction of sp³-hybridized carbons (Fsp3) is 0.273. The van der Waals surface area contributed by atoms with E-state index in [9.17, 15) is 14.0 Å². The molecule has 0 amide bonds. The van der Waals surface area contributed by atoms with Gasteiger partial charge in [-0.05, 0) is 30.2 Å². The lowest BCUT2D eigenvalue weighted by Gasteiger charge is -2.11. The molecule has 0 radical (unpaired) electrons. The molecular weight excluding hydrogens is 279 g/mol. The van der Waals surface area contributed by atoms with Crippen molar-refractivity contribution in [3.63, 3.8) is 0 Å². The third kappa shape index (κ3) is 3.13. The monoisotopic (exact) mass is 288 g/mol. The van der Waals surface area contributed by atoms with Gasteiger partial charge in [-0.3, -0.25) is 9.59 Å². The maximum atomic E-state index is 13.0. The van der Waals surface area contributed by atoms with Gasteiger partial charge in [0, 0.05) is 0 Å². The summed E-state index contributed by atoms with van der Waals surface area (Å²) in [6, 6.07) is 3.77. The summed E-state index contributed by atoms with van der Waals surface area (Å²) in [4.78, 5) is 21.2. The van der Waals surface area contributed by atoms with E-state index in [1.54, 1.807) is 0 Å². The van der Waals surface area contributed by atoms with Crippen LogP contribution in [-0.2, 0) is 16.0 Å². The zero-order chi connectivity index (χ0) is 12.3. The van der Waals surface area contributed by atoms with E-state index in [-0.39, 0.29) is 12.2 Å². The van der Waals surface area contributed by atoms with Crippen molar-refractivity contribution >= 4 is 27.7 Å². The van der Waals surface area contributed by atoms with E-state index in [0.717, 1.165) is 6.07 Å². The first-order valence-electron chi connectivity index (χ1n) is 4.56. The second kappa shape index (κ2) is 5.21. The summed E-state index contributed by atoms with van der Waals surface area (Å²) in [6.45, 7) is 1.38. The highest BCUT2D eigenvalue weighted by Crippen LogP contribution is 2.27. The van der Waals surface area contributed by atoms with Gasteiger partial charge < -0.3 is 5.11 Å². The van der Waals surface area contributed by atoms with Crippen LogP contribution in [0.25, 0.3) is 0 Å². The van der Waals surface area contributed by atoms with Crippen LogP contribution in [-0.4, -0.2) is 16.9 Å². The molecule has 5 heteroatoms. The molecule has 1 unspecified atom stereocenters. The van der Waals surface area contributed by atoms with Crippen LogP contribution in [0.3, 0.4) is 0 Å². The minimum Gasteiger partial charge on any atom is -0.481 e. The fourth-order valence-corrected chi connectivity index (χ4v) is 1.80. The van der Waals surface area contributed by atoms with Crippen LogP contribution in [0, 0.1) is 5.82 Å². The summed E-state index contributed by atoms with van der Waals surface area (Å²) in [5, 5.41) is 8.68. The number of carbonyl (C=O) groups is 2. The summed E-state index contributed by atoms with van der Waals surface area (Å²) < 4.78 is 13.0. The van der Waals surface area contributed by atoms with Crippen LogP contribution < -0.4 is 0 Å². The number of aliphatic carboxylic acids is 1. The Labute approximate surface area is 100 Å². The lowest BCUT2D eigenvalue weighted by Crippen LogP contribution is -2.09. The van der Waals surface area contributed by atoms with Crippen LogP contribution in [0.2, 0.25) is 0 Å². The van der Waals surface area contributed by atoms with Gasteiger partial charge in [0.25, 0.3) is 0 Å². The number of carboxylic acids is 1. The van der Waals surface area contributed by atoms with E-state index in [4.69, 9.17) is 5.11 Å². The first-order chi connectivity index (χ1) is 7.41. The number of hydrogen-bond acceptors (Lipinski definition) is 2. The largest absolute Gasteiger partial charge is 0.481 e. The molecule has 0 fully saturated rings. The van der Waals surface area contributed by atoms with Crippen molar-refractivity contribution in [2.75, 3.05) is 0 Å². The van der Waals surface area contributed by atoms with E-state index in [1.165, 1.54) is 19.1 Å². The van der Waals surface area contributed by atoms with Gasteiger partial charge in [-0.1, -0.05) is 22.0 Å². The predicted molar refractivity (Wildman–Crippen MR) is 60.1 cm³/mol. The molecule has 0 spiro atoms. The Morgan fingerprint density at radius 1 is 1.50 bits per heavy atom. The summed E-state index contributed by atoms with van der Waals surface area (Å²) >= 11 is 3.15. The number of hydrogen-bond donors (Lipinski definition) is 1. The zero-order valence-corrected chi connectivity index (χ0v) is 10.1. The molecule has 1 aromatic carbocycles. The molecule has 0 bridgehead atoms. The number of carbonyl (C=O) groups excluding carboxylic acids is 1. The van der Waals surface area contributed by atoms with Crippen LogP contribution in [0.1, 0.15) is 22.9 Å². The molecule has 0 aliphatic carbocycles. The second-order valence-corrected chi connectivity index (χ2v) is 4.30. The first-order valence-corrected chi connectivity index (χ1v) is 5.48. The van der Waals surface area contributed by atoms with Crippen LogP contribution in [0.4, 0.5) is 4.39 Å². The van der Waals surface area contributed by atoms with Crippen molar-refractivity contribution in [2.24, 2.45) is 0 Å². The topological polar surface area (TPSA) is 54.4 Å². The molecule has 0 aliphatic heterocycles. The van der Waals surface area contributed by atoms with Gasteiger partial charge in [0.2, 0.25) is 0 Å². The van der Waals surface area contributed by atoms with E-state index >= 15 is 0 Å². The Morgan fingerprint density at radius 2 is 2.12 bits per heavy atom. The van der Waals surface area contributed by atoms with Crippen molar-refractivity contribution in [3.05, 3.63) is 35.1 Å². The van der Waals surface area contributed by atoms with Gasteiger partial charge in [-0.2, -0.15) is 0 Å². The minimum atomic E-state index is -1.06. The molecule has 3 nitrogen and oxygen atoms in total. The molecule has 86 valence electrons. The van der Waals surface area contributed by atoms with E-state index in [2.05, 4.69) is 15.9 Å². The Balaban J connectivity index is 3.16. The minimum absolute atomic E-state index is 0.154. The van der Waals surface area contributed by atoms with Crippen molar-refractivity contribution in [3.8, 4) is 0 Å². The average Bonchev–Trinajstić information content (AvgIpc) is 2.15. The van der Waals surface area contributed by atoms with Gasteiger partial charge in [0.15, 0.2) is 0 Å². The molecule has 0 aromatic heterocycles. The van der Waals surface area contributed by atoms with Crippen LogP contribution in [0.5, 0.6) is 0 Å². The smallest absolute Gasteiger partial charge is 0.307 e. The van der Waals surface area contributed by atoms with E-state index in [0.29, 0.717) is 11.1 Å².